The fourth-order valence-electron chi connectivity index (χ4n) is 3.02. The molecule has 1 saturated carbocycles. The molecule has 5 nitrogen and oxygen atoms in total. The second kappa shape index (κ2) is 6.95. The lowest BCUT2D eigenvalue weighted by Gasteiger charge is -2.45. The van der Waals surface area contributed by atoms with Crippen molar-refractivity contribution in [3.63, 3.8) is 0 Å². The summed E-state index contributed by atoms with van der Waals surface area (Å²) in [7, 11) is 3.56. The Morgan fingerprint density at radius 3 is 2.20 bits per heavy atom. The minimum atomic E-state index is -0.822. The number of aliphatic carboxylic acids is 1. The molecule has 0 aromatic rings. The number of amides is 2. The van der Waals surface area contributed by atoms with Crippen LogP contribution in [0.4, 0.5) is 4.79 Å². The molecule has 0 radical (unpaired) electrons. The van der Waals surface area contributed by atoms with E-state index in [2.05, 4.69) is 0 Å². The Morgan fingerprint density at radius 1 is 1.20 bits per heavy atom. The number of carbonyl (C=O) groups excluding carboxylic acids is 1. The monoisotopic (exact) mass is 284 g/mol. The molecule has 0 aromatic carbocycles. The lowest BCUT2D eigenvalue weighted by molar-refractivity contribution is -0.140. The Bertz CT molecular complexity index is 351. The van der Waals surface area contributed by atoms with E-state index in [0.29, 0.717) is 0 Å². The van der Waals surface area contributed by atoms with Crippen molar-refractivity contribution in [1.29, 1.82) is 0 Å². The van der Waals surface area contributed by atoms with Gasteiger partial charge in [-0.2, -0.15) is 0 Å². The van der Waals surface area contributed by atoms with E-state index >= 15 is 0 Å². The predicted octanol–water partition coefficient (Wildman–Crippen LogP) is 2.95. The van der Waals surface area contributed by atoms with Gasteiger partial charge >= 0.3 is 12.0 Å². The summed E-state index contributed by atoms with van der Waals surface area (Å²) in [6.45, 7) is 4.05. The molecule has 1 aliphatic rings. The summed E-state index contributed by atoms with van der Waals surface area (Å²) in [5.74, 6) is -0.822. The minimum Gasteiger partial charge on any atom is -0.481 e. The van der Waals surface area contributed by atoms with E-state index in [4.69, 9.17) is 0 Å². The van der Waals surface area contributed by atoms with Crippen molar-refractivity contribution in [2.24, 2.45) is 0 Å². The van der Waals surface area contributed by atoms with Crippen LogP contribution in [0.3, 0.4) is 0 Å². The third-order valence-corrected chi connectivity index (χ3v) is 4.82. The molecule has 0 aliphatic heterocycles. The lowest BCUT2D eigenvalue weighted by atomic mass is 9.78. The summed E-state index contributed by atoms with van der Waals surface area (Å²) in [6, 6.07) is 0.0953. The van der Waals surface area contributed by atoms with Gasteiger partial charge in [-0.05, 0) is 26.2 Å². The Balaban J connectivity index is 2.89. The van der Waals surface area contributed by atoms with Crippen LogP contribution < -0.4 is 0 Å². The maximum absolute atomic E-state index is 12.6. The highest BCUT2D eigenvalue weighted by Crippen LogP contribution is 2.36. The molecule has 5 heteroatoms. The summed E-state index contributed by atoms with van der Waals surface area (Å²) in [6.07, 6.45) is 5.64. The van der Waals surface area contributed by atoms with Crippen LogP contribution >= 0.6 is 0 Å². The topological polar surface area (TPSA) is 60.9 Å². The van der Waals surface area contributed by atoms with Crippen molar-refractivity contribution in [2.75, 3.05) is 14.1 Å². The summed E-state index contributed by atoms with van der Waals surface area (Å²) in [5.41, 5.74) is -0.511. The van der Waals surface area contributed by atoms with Gasteiger partial charge in [0.05, 0.1) is 12.0 Å². The molecule has 0 bridgehead atoms. The molecule has 0 saturated heterocycles. The maximum atomic E-state index is 12.6. The lowest BCUT2D eigenvalue weighted by Crippen LogP contribution is -2.56. The quantitative estimate of drug-likeness (QED) is 0.844. The zero-order valence-corrected chi connectivity index (χ0v) is 13.2. The van der Waals surface area contributed by atoms with Crippen molar-refractivity contribution in [2.45, 2.75) is 70.4 Å². The van der Waals surface area contributed by atoms with Crippen molar-refractivity contribution < 1.29 is 14.7 Å². The van der Waals surface area contributed by atoms with Crippen LogP contribution in [-0.2, 0) is 4.79 Å². The Morgan fingerprint density at radius 2 is 1.75 bits per heavy atom. The number of hydrogen-bond donors (Lipinski definition) is 1. The van der Waals surface area contributed by atoms with Gasteiger partial charge in [0.25, 0.3) is 0 Å². The number of urea groups is 1. The fraction of sp³-hybridized carbons (Fsp3) is 0.867. The Hall–Kier alpha value is -1.26. The number of carboxylic acids is 1. The normalized spacial score (nSPS) is 19.2. The zero-order chi connectivity index (χ0) is 15.3. The highest BCUT2D eigenvalue weighted by atomic mass is 16.4. The SMILES string of the molecule is CCC(C)N(C)C(=O)N(C)C1(CC(=O)O)CCCCC1. The van der Waals surface area contributed by atoms with Crippen LogP contribution in [0.15, 0.2) is 0 Å². The van der Waals surface area contributed by atoms with E-state index in [-0.39, 0.29) is 18.5 Å². The van der Waals surface area contributed by atoms with E-state index in [1.807, 2.05) is 13.8 Å². The van der Waals surface area contributed by atoms with Crippen LogP contribution in [0.1, 0.15) is 58.8 Å². The molecule has 2 amide bonds. The third-order valence-electron chi connectivity index (χ3n) is 4.82. The van der Waals surface area contributed by atoms with Gasteiger partial charge in [-0.3, -0.25) is 4.79 Å². The minimum absolute atomic E-state index is 0.0452. The molecular formula is C15H28N2O3. The van der Waals surface area contributed by atoms with Crippen LogP contribution in [0.25, 0.3) is 0 Å². The largest absolute Gasteiger partial charge is 0.481 e. The zero-order valence-electron chi connectivity index (χ0n) is 13.2. The number of hydrogen-bond acceptors (Lipinski definition) is 2. The maximum Gasteiger partial charge on any atom is 0.320 e. The average Bonchev–Trinajstić information content (AvgIpc) is 2.44. The van der Waals surface area contributed by atoms with E-state index in [1.165, 1.54) is 0 Å². The molecule has 1 rings (SSSR count). The average molecular weight is 284 g/mol. The van der Waals surface area contributed by atoms with Crippen LogP contribution in [0.2, 0.25) is 0 Å². The molecule has 1 fully saturated rings. The van der Waals surface area contributed by atoms with Crippen molar-refractivity contribution in [1.82, 2.24) is 9.80 Å². The van der Waals surface area contributed by atoms with Crippen LogP contribution in [0.5, 0.6) is 0 Å². The summed E-state index contributed by atoms with van der Waals surface area (Å²) in [4.78, 5) is 27.2. The number of nitrogens with zero attached hydrogens (tertiary/aromatic N) is 2. The van der Waals surface area contributed by atoms with Crippen LogP contribution in [0, 0.1) is 0 Å². The molecule has 1 atom stereocenters. The van der Waals surface area contributed by atoms with E-state index < -0.39 is 11.5 Å². The molecule has 1 N–H and O–H groups in total. The number of carboxylic acid groups (broad SMARTS) is 1. The van der Waals surface area contributed by atoms with Gasteiger partial charge in [0, 0.05) is 20.1 Å². The van der Waals surface area contributed by atoms with Gasteiger partial charge < -0.3 is 14.9 Å². The molecule has 116 valence electrons. The third kappa shape index (κ3) is 3.64. The number of rotatable bonds is 5. The first-order valence-electron chi connectivity index (χ1n) is 7.56. The van der Waals surface area contributed by atoms with Crippen molar-refractivity contribution in [3.05, 3.63) is 0 Å². The van der Waals surface area contributed by atoms with Gasteiger partial charge in [0.15, 0.2) is 0 Å². The molecule has 0 aromatic heterocycles. The first kappa shape index (κ1) is 16.8. The Kier molecular flexibility index (Phi) is 5.84. The molecular weight excluding hydrogens is 256 g/mol. The molecule has 1 aliphatic carbocycles. The molecule has 20 heavy (non-hydrogen) atoms. The summed E-state index contributed by atoms with van der Waals surface area (Å²) in [5, 5.41) is 9.20. The van der Waals surface area contributed by atoms with Crippen molar-refractivity contribution in [3.8, 4) is 0 Å². The fourth-order valence-corrected chi connectivity index (χ4v) is 3.02. The van der Waals surface area contributed by atoms with Gasteiger partial charge in [-0.1, -0.05) is 26.2 Å². The first-order chi connectivity index (χ1) is 9.34. The van der Waals surface area contributed by atoms with Crippen molar-refractivity contribution >= 4 is 12.0 Å². The second-order valence-electron chi connectivity index (χ2n) is 6.07. The molecule has 0 spiro atoms. The first-order valence-corrected chi connectivity index (χ1v) is 7.56. The second-order valence-corrected chi connectivity index (χ2v) is 6.07. The van der Waals surface area contributed by atoms with Gasteiger partial charge in [-0.15, -0.1) is 0 Å². The highest BCUT2D eigenvalue weighted by molar-refractivity contribution is 5.77. The predicted molar refractivity (Wildman–Crippen MR) is 78.7 cm³/mol. The van der Waals surface area contributed by atoms with Crippen LogP contribution in [-0.4, -0.2) is 52.6 Å². The summed E-state index contributed by atoms with van der Waals surface area (Å²) >= 11 is 0. The van der Waals surface area contributed by atoms with E-state index in [0.717, 1.165) is 38.5 Å². The van der Waals surface area contributed by atoms with Gasteiger partial charge in [0.2, 0.25) is 0 Å². The van der Waals surface area contributed by atoms with E-state index in [9.17, 15) is 14.7 Å². The molecule has 0 heterocycles. The highest BCUT2D eigenvalue weighted by Gasteiger charge is 2.41. The smallest absolute Gasteiger partial charge is 0.320 e. The Labute approximate surface area is 121 Å². The van der Waals surface area contributed by atoms with Gasteiger partial charge in [-0.25, -0.2) is 4.79 Å². The standard InChI is InChI=1S/C15H28N2O3/c1-5-12(2)16(3)14(20)17(4)15(11-13(18)19)9-7-6-8-10-15/h12H,5-11H2,1-4H3,(H,18,19). The summed E-state index contributed by atoms with van der Waals surface area (Å²) < 4.78 is 0. The van der Waals surface area contributed by atoms with Gasteiger partial charge in [0.1, 0.15) is 0 Å². The van der Waals surface area contributed by atoms with E-state index in [1.54, 1.807) is 23.9 Å². The molecule has 1 unspecified atom stereocenters. The number of carbonyl (C=O) groups is 2.